The third-order valence-electron chi connectivity index (χ3n) is 7.03. The van der Waals surface area contributed by atoms with Gasteiger partial charge in [0.05, 0.1) is 11.7 Å². The fourth-order valence-corrected chi connectivity index (χ4v) is 6.33. The first-order valence-electron chi connectivity index (χ1n) is 11.7. The summed E-state index contributed by atoms with van der Waals surface area (Å²) < 4.78 is 13.0. The number of nitrogens with one attached hydrogen (secondary N) is 1. The van der Waals surface area contributed by atoms with Gasteiger partial charge in [0.15, 0.2) is 11.5 Å². The summed E-state index contributed by atoms with van der Waals surface area (Å²) >= 11 is 1.76. The summed E-state index contributed by atoms with van der Waals surface area (Å²) in [5.41, 5.74) is 3.26. The van der Waals surface area contributed by atoms with E-state index in [9.17, 15) is 0 Å². The minimum absolute atomic E-state index is 0. The Morgan fingerprint density at radius 1 is 0.946 bits per heavy atom. The van der Waals surface area contributed by atoms with Crippen molar-refractivity contribution in [1.82, 2.24) is 24.3 Å². The first kappa shape index (κ1) is 31.9. The fourth-order valence-electron chi connectivity index (χ4n) is 5.06. The summed E-state index contributed by atoms with van der Waals surface area (Å²) in [6, 6.07) is 6.25. The Kier molecular flexibility index (Phi) is 11.8. The Bertz CT molecular complexity index is 1250. The third-order valence-corrected chi connectivity index (χ3v) is 8.16. The lowest BCUT2D eigenvalue weighted by Crippen LogP contribution is -2.47. The molecule has 5 heterocycles. The number of aromatic nitrogens is 2. The lowest BCUT2D eigenvalue weighted by molar-refractivity contribution is 0.123. The molecule has 0 atom stereocenters. The molecular weight excluding hydrogens is 578 g/mol. The topological polar surface area (TPSA) is 69.9 Å². The van der Waals surface area contributed by atoms with Crippen LogP contribution >= 0.6 is 61.0 Å². The molecule has 1 saturated heterocycles. The van der Waals surface area contributed by atoms with Crippen LogP contribution in [0.15, 0.2) is 24.5 Å². The molecule has 0 radical (unpaired) electrons. The minimum atomic E-state index is 0. The summed E-state index contributed by atoms with van der Waals surface area (Å²) in [6.45, 7) is 9.27. The molecular formula is C24H34Cl4N6O2S. The van der Waals surface area contributed by atoms with Crippen molar-refractivity contribution in [3.8, 4) is 11.5 Å². The van der Waals surface area contributed by atoms with E-state index in [0.29, 0.717) is 12.3 Å². The number of halogens is 4. The van der Waals surface area contributed by atoms with Crippen molar-refractivity contribution in [3.63, 3.8) is 0 Å². The lowest BCUT2D eigenvalue weighted by atomic mass is 10.1. The Balaban J connectivity index is 0.00000120. The highest BCUT2D eigenvalue weighted by molar-refractivity contribution is 7.18. The van der Waals surface area contributed by atoms with Gasteiger partial charge in [0.1, 0.15) is 10.3 Å². The fraction of sp³-hybridized carbons (Fsp3) is 0.500. The Hall–Kier alpha value is -1.30. The number of nitrogens with zero attached hydrogens (tertiary/aromatic N) is 5. The van der Waals surface area contributed by atoms with E-state index >= 15 is 0 Å². The predicted molar refractivity (Wildman–Crippen MR) is 157 cm³/mol. The standard InChI is InChI=1S/C24H30N6O2S.4ClH/c1-27-5-4-18-21(14-27)33-24-22(18)23(25)30(15-26-24)11-10-28-6-8-29(9-7-28)13-17-2-3-19-20(12-17)32-16-31-19;;;;/h2-3,12,15,25H,4-11,13-14,16H2,1H3;4*1H. The maximum Gasteiger partial charge on any atom is 0.231 e. The molecule has 0 spiro atoms. The van der Waals surface area contributed by atoms with Crippen LogP contribution in [0.25, 0.3) is 10.2 Å². The molecule has 1 N–H and O–H groups in total. The van der Waals surface area contributed by atoms with Crippen molar-refractivity contribution >= 4 is 71.2 Å². The van der Waals surface area contributed by atoms with Crippen LogP contribution < -0.4 is 15.0 Å². The number of fused-ring (bicyclic) bond motifs is 4. The zero-order valence-corrected chi connectivity index (χ0v) is 24.8. The number of thiophene rings is 1. The monoisotopic (exact) mass is 610 g/mol. The molecule has 0 unspecified atom stereocenters. The molecule has 37 heavy (non-hydrogen) atoms. The normalized spacial score (nSPS) is 17.2. The quantitative estimate of drug-likeness (QED) is 0.473. The van der Waals surface area contributed by atoms with Crippen LogP contribution in [0.4, 0.5) is 0 Å². The average molecular weight is 612 g/mol. The van der Waals surface area contributed by atoms with Gasteiger partial charge < -0.3 is 18.9 Å². The number of piperazine rings is 1. The number of ether oxygens (including phenoxy) is 2. The van der Waals surface area contributed by atoms with Crippen molar-refractivity contribution in [2.75, 3.05) is 53.1 Å². The van der Waals surface area contributed by atoms with Gasteiger partial charge in [-0.05, 0) is 36.7 Å². The van der Waals surface area contributed by atoms with E-state index in [1.807, 2.05) is 17.0 Å². The second-order valence-electron chi connectivity index (χ2n) is 9.26. The van der Waals surface area contributed by atoms with Crippen LogP contribution in [0, 0.1) is 5.41 Å². The van der Waals surface area contributed by atoms with Crippen molar-refractivity contribution in [2.24, 2.45) is 0 Å². The van der Waals surface area contributed by atoms with Gasteiger partial charge in [-0.1, -0.05) is 6.07 Å². The Morgan fingerprint density at radius 3 is 2.46 bits per heavy atom. The molecule has 8 nitrogen and oxygen atoms in total. The van der Waals surface area contributed by atoms with Crippen LogP contribution in [-0.2, 0) is 26.1 Å². The Labute approximate surface area is 246 Å². The number of likely N-dealkylation sites (N-methyl/N-ethyl adjacent to an activating group) is 1. The van der Waals surface area contributed by atoms with E-state index in [-0.39, 0.29) is 49.6 Å². The molecule has 3 aliphatic rings. The van der Waals surface area contributed by atoms with Gasteiger partial charge >= 0.3 is 0 Å². The van der Waals surface area contributed by atoms with Crippen LogP contribution in [0.1, 0.15) is 16.0 Å². The van der Waals surface area contributed by atoms with Gasteiger partial charge in [-0.3, -0.25) is 15.2 Å². The zero-order valence-electron chi connectivity index (χ0n) is 20.7. The highest BCUT2D eigenvalue weighted by Crippen LogP contribution is 2.33. The Morgan fingerprint density at radius 2 is 1.68 bits per heavy atom. The van der Waals surface area contributed by atoms with Gasteiger partial charge in [0.2, 0.25) is 6.79 Å². The maximum absolute atomic E-state index is 8.84. The summed E-state index contributed by atoms with van der Waals surface area (Å²) in [5, 5.41) is 9.93. The van der Waals surface area contributed by atoms with Crippen LogP contribution in [0.2, 0.25) is 0 Å². The van der Waals surface area contributed by atoms with Gasteiger partial charge in [-0.15, -0.1) is 61.0 Å². The molecule has 3 aliphatic heterocycles. The van der Waals surface area contributed by atoms with Gasteiger partial charge in [-0.2, -0.15) is 0 Å². The largest absolute Gasteiger partial charge is 0.454 e. The lowest BCUT2D eigenvalue weighted by Gasteiger charge is -2.34. The number of hydrogen-bond donors (Lipinski definition) is 1. The minimum Gasteiger partial charge on any atom is -0.454 e. The van der Waals surface area contributed by atoms with Crippen molar-refractivity contribution in [1.29, 1.82) is 5.41 Å². The van der Waals surface area contributed by atoms with Gasteiger partial charge in [-0.25, -0.2) is 4.98 Å². The summed E-state index contributed by atoms with van der Waals surface area (Å²) in [5.74, 6) is 1.71. The van der Waals surface area contributed by atoms with E-state index in [1.165, 1.54) is 16.0 Å². The predicted octanol–water partition coefficient (Wildman–Crippen LogP) is 3.80. The third kappa shape index (κ3) is 6.65. The van der Waals surface area contributed by atoms with Crippen molar-refractivity contribution < 1.29 is 9.47 Å². The first-order valence-corrected chi connectivity index (χ1v) is 12.5. The van der Waals surface area contributed by atoms with Crippen LogP contribution in [0.5, 0.6) is 11.5 Å². The summed E-state index contributed by atoms with van der Waals surface area (Å²) in [4.78, 5) is 14.5. The van der Waals surface area contributed by atoms with Crippen molar-refractivity contribution in [3.05, 3.63) is 46.0 Å². The zero-order chi connectivity index (χ0) is 22.4. The molecule has 3 aromatic rings. The molecule has 1 aromatic carbocycles. The van der Waals surface area contributed by atoms with E-state index in [4.69, 9.17) is 19.9 Å². The molecule has 13 heteroatoms. The number of benzene rings is 1. The van der Waals surface area contributed by atoms with E-state index in [1.54, 1.807) is 11.3 Å². The molecule has 6 rings (SSSR count). The summed E-state index contributed by atoms with van der Waals surface area (Å²) in [6.07, 6.45) is 2.89. The highest BCUT2D eigenvalue weighted by Gasteiger charge is 2.22. The second kappa shape index (κ2) is 13.7. The molecule has 2 aromatic heterocycles. The molecule has 0 amide bonds. The average Bonchev–Trinajstić information content (AvgIpc) is 3.43. The van der Waals surface area contributed by atoms with Crippen LogP contribution in [0.3, 0.4) is 0 Å². The van der Waals surface area contributed by atoms with Crippen molar-refractivity contribution in [2.45, 2.75) is 26.1 Å². The van der Waals surface area contributed by atoms with E-state index < -0.39 is 0 Å². The first-order chi connectivity index (χ1) is 16.1. The molecule has 0 bridgehead atoms. The molecule has 0 aliphatic carbocycles. The van der Waals surface area contributed by atoms with Gasteiger partial charge in [0, 0.05) is 63.8 Å². The highest BCUT2D eigenvalue weighted by atomic mass is 35.5. The molecule has 1 fully saturated rings. The second-order valence-corrected chi connectivity index (χ2v) is 10.3. The summed E-state index contributed by atoms with van der Waals surface area (Å²) in [7, 11) is 2.16. The SMILES string of the molecule is CN1CCc2c(sc3ncn(CCN4CCN(Cc5ccc6c(c5)OCO6)CC4)c(=N)c23)C1.Cl.Cl.Cl.Cl. The molecule has 0 saturated carbocycles. The molecule has 206 valence electrons. The maximum atomic E-state index is 8.84. The smallest absolute Gasteiger partial charge is 0.231 e. The van der Waals surface area contributed by atoms with E-state index in [0.717, 1.165) is 87.0 Å². The number of hydrogen-bond acceptors (Lipinski definition) is 8. The van der Waals surface area contributed by atoms with Gasteiger partial charge in [0.25, 0.3) is 0 Å². The van der Waals surface area contributed by atoms with Crippen LogP contribution in [-0.4, -0.2) is 77.4 Å². The number of rotatable bonds is 5. The van der Waals surface area contributed by atoms with E-state index in [2.05, 4.69) is 33.9 Å².